The Hall–Kier alpha value is -0.910. The lowest BCUT2D eigenvalue weighted by atomic mass is 10.1. The van der Waals surface area contributed by atoms with Crippen molar-refractivity contribution in [1.29, 1.82) is 0 Å². The molecule has 1 saturated heterocycles. The van der Waals surface area contributed by atoms with Crippen LogP contribution in [-0.2, 0) is 15.8 Å². The topological polar surface area (TPSA) is 49.4 Å². The molecule has 1 aliphatic rings. The van der Waals surface area contributed by atoms with Gasteiger partial charge in [0.15, 0.2) is 0 Å². The zero-order valence-electron chi connectivity index (χ0n) is 11.4. The quantitative estimate of drug-likeness (QED) is 0.892. The van der Waals surface area contributed by atoms with E-state index in [4.69, 9.17) is 0 Å². The number of sulfonamides is 1. The van der Waals surface area contributed by atoms with Crippen LogP contribution in [0.2, 0.25) is 0 Å². The number of hydrogen-bond donors (Lipinski definition) is 1. The Kier molecular flexibility index (Phi) is 4.96. The predicted octanol–water partition coefficient (Wildman–Crippen LogP) is 1.59. The lowest BCUT2D eigenvalue weighted by Crippen LogP contribution is -2.44. The summed E-state index contributed by atoms with van der Waals surface area (Å²) in [5.74, 6) is 0.0713. The molecule has 1 heterocycles. The molecule has 0 unspecified atom stereocenters. The van der Waals surface area contributed by atoms with Gasteiger partial charge in [-0.1, -0.05) is 37.3 Å². The van der Waals surface area contributed by atoms with Crippen molar-refractivity contribution >= 4 is 10.0 Å². The van der Waals surface area contributed by atoms with Crippen molar-refractivity contribution in [2.75, 3.05) is 19.6 Å². The van der Waals surface area contributed by atoms with Gasteiger partial charge in [-0.2, -0.15) is 0 Å². The summed E-state index contributed by atoms with van der Waals surface area (Å²) in [4.78, 5) is 2.35. The van der Waals surface area contributed by atoms with Gasteiger partial charge in [-0.15, -0.1) is 0 Å². The number of nitrogens with zero attached hydrogens (tertiary/aromatic N) is 1. The summed E-state index contributed by atoms with van der Waals surface area (Å²) in [5.41, 5.74) is 0.834. The van der Waals surface area contributed by atoms with Crippen LogP contribution in [0.5, 0.6) is 0 Å². The van der Waals surface area contributed by atoms with Crippen LogP contribution in [0.3, 0.4) is 0 Å². The molecule has 0 atom stereocenters. The number of rotatable bonds is 5. The Morgan fingerprint density at radius 3 is 2.42 bits per heavy atom. The Morgan fingerprint density at radius 2 is 1.84 bits per heavy atom. The Labute approximate surface area is 115 Å². The van der Waals surface area contributed by atoms with E-state index < -0.39 is 10.0 Å². The van der Waals surface area contributed by atoms with Gasteiger partial charge in [-0.05, 0) is 38.0 Å². The SMILES string of the molecule is CCN1CCC(NS(=O)(=O)Cc2ccccc2)CC1. The molecule has 0 radical (unpaired) electrons. The van der Waals surface area contributed by atoms with Crippen molar-refractivity contribution in [1.82, 2.24) is 9.62 Å². The molecule has 5 heteroatoms. The van der Waals surface area contributed by atoms with Gasteiger partial charge in [0, 0.05) is 6.04 Å². The van der Waals surface area contributed by atoms with E-state index in [1.807, 2.05) is 30.3 Å². The highest BCUT2D eigenvalue weighted by Crippen LogP contribution is 2.12. The van der Waals surface area contributed by atoms with Gasteiger partial charge < -0.3 is 4.90 Å². The van der Waals surface area contributed by atoms with E-state index in [2.05, 4.69) is 16.5 Å². The summed E-state index contributed by atoms with van der Waals surface area (Å²) in [6.45, 7) is 5.15. The highest BCUT2D eigenvalue weighted by atomic mass is 32.2. The molecule has 2 rings (SSSR count). The Morgan fingerprint density at radius 1 is 1.21 bits per heavy atom. The fraction of sp³-hybridized carbons (Fsp3) is 0.571. The van der Waals surface area contributed by atoms with E-state index >= 15 is 0 Å². The van der Waals surface area contributed by atoms with Crippen LogP contribution in [-0.4, -0.2) is 39.0 Å². The zero-order valence-corrected chi connectivity index (χ0v) is 12.2. The van der Waals surface area contributed by atoms with Crippen molar-refractivity contribution in [3.05, 3.63) is 35.9 Å². The van der Waals surface area contributed by atoms with Gasteiger partial charge in [0.1, 0.15) is 0 Å². The Balaban J connectivity index is 1.88. The van der Waals surface area contributed by atoms with Crippen LogP contribution < -0.4 is 4.72 Å². The van der Waals surface area contributed by atoms with Crippen LogP contribution in [0, 0.1) is 0 Å². The van der Waals surface area contributed by atoms with Crippen molar-refractivity contribution in [3.63, 3.8) is 0 Å². The minimum Gasteiger partial charge on any atom is -0.303 e. The first-order valence-corrected chi connectivity index (χ1v) is 8.50. The van der Waals surface area contributed by atoms with Crippen LogP contribution in [0.4, 0.5) is 0 Å². The molecule has 0 bridgehead atoms. The second kappa shape index (κ2) is 6.50. The standard InChI is InChI=1S/C14H22N2O2S/c1-2-16-10-8-14(9-11-16)15-19(17,18)12-13-6-4-3-5-7-13/h3-7,14-15H,2,8-12H2,1H3. The average Bonchev–Trinajstić information content (AvgIpc) is 2.39. The fourth-order valence-electron chi connectivity index (χ4n) is 2.46. The number of piperidine rings is 1. The summed E-state index contributed by atoms with van der Waals surface area (Å²) in [7, 11) is -3.23. The molecule has 1 aliphatic heterocycles. The molecule has 4 nitrogen and oxygen atoms in total. The van der Waals surface area contributed by atoms with Gasteiger partial charge >= 0.3 is 0 Å². The number of benzene rings is 1. The van der Waals surface area contributed by atoms with E-state index in [-0.39, 0.29) is 11.8 Å². The third-order valence-electron chi connectivity index (χ3n) is 3.58. The molecule has 1 fully saturated rings. The molecule has 0 spiro atoms. The largest absolute Gasteiger partial charge is 0.303 e. The molecule has 0 aromatic heterocycles. The summed E-state index contributed by atoms with van der Waals surface area (Å²) in [6, 6.07) is 9.41. The third-order valence-corrected chi connectivity index (χ3v) is 4.99. The van der Waals surface area contributed by atoms with Crippen molar-refractivity contribution in [2.24, 2.45) is 0 Å². The maximum absolute atomic E-state index is 12.1. The minimum absolute atomic E-state index is 0.0713. The lowest BCUT2D eigenvalue weighted by Gasteiger charge is -2.31. The highest BCUT2D eigenvalue weighted by molar-refractivity contribution is 7.88. The molecular weight excluding hydrogens is 260 g/mol. The zero-order chi connectivity index (χ0) is 13.7. The van der Waals surface area contributed by atoms with Crippen LogP contribution in [0.15, 0.2) is 30.3 Å². The molecule has 0 amide bonds. The maximum atomic E-state index is 12.1. The second-order valence-electron chi connectivity index (χ2n) is 5.07. The van der Waals surface area contributed by atoms with Gasteiger partial charge in [-0.25, -0.2) is 13.1 Å². The van der Waals surface area contributed by atoms with Crippen molar-refractivity contribution in [2.45, 2.75) is 31.6 Å². The molecule has 1 N–H and O–H groups in total. The van der Waals surface area contributed by atoms with E-state index in [0.717, 1.165) is 38.0 Å². The molecule has 0 aliphatic carbocycles. The van der Waals surface area contributed by atoms with E-state index in [1.165, 1.54) is 0 Å². The highest BCUT2D eigenvalue weighted by Gasteiger charge is 2.22. The van der Waals surface area contributed by atoms with E-state index in [9.17, 15) is 8.42 Å². The van der Waals surface area contributed by atoms with Gasteiger partial charge in [-0.3, -0.25) is 0 Å². The summed E-state index contributed by atoms with van der Waals surface area (Å²) < 4.78 is 27.0. The van der Waals surface area contributed by atoms with Gasteiger partial charge in [0.2, 0.25) is 10.0 Å². The van der Waals surface area contributed by atoms with Gasteiger partial charge in [0.25, 0.3) is 0 Å². The predicted molar refractivity (Wildman–Crippen MR) is 77.3 cm³/mol. The van der Waals surface area contributed by atoms with Crippen LogP contribution in [0.25, 0.3) is 0 Å². The molecule has 1 aromatic rings. The lowest BCUT2D eigenvalue weighted by molar-refractivity contribution is 0.217. The second-order valence-corrected chi connectivity index (χ2v) is 6.82. The summed E-state index contributed by atoms with van der Waals surface area (Å²) in [5, 5.41) is 0. The normalized spacial score (nSPS) is 18.6. The minimum atomic E-state index is -3.23. The average molecular weight is 282 g/mol. The van der Waals surface area contributed by atoms with Crippen LogP contribution in [0.1, 0.15) is 25.3 Å². The molecule has 106 valence electrons. The number of hydrogen-bond acceptors (Lipinski definition) is 3. The fourth-order valence-corrected chi connectivity index (χ4v) is 3.91. The molecule has 1 aromatic carbocycles. The van der Waals surface area contributed by atoms with Crippen molar-refractivity contribution in [3.8, 4) is 0 Å². The molecule has 0 saturated carbocycles. The van der Waals surface area contributed by atoms with E-state index in [0.29, 0.717) is 0 Å². The first-order chi connectivity index (χ1) is 9.09. The third kappa shape index (κ3) is 4.60. The van der Waals surface area contributed by atoms with Gasteiger partial charge in [0.05, 0.1) is 5.75 Å². The molecular formula is C14H22N2O2S. The number of likely N-dealkylation sites (tertiary alicyclic amines) is 1. The Bertz CT molecular complexity index is 479. The van der Waals surface area contributed by atoms with E-state index in [1.54, 1.807) is 0 Å². The smallest absolute Gasteiger partial charge is 0.216 e. The molecule has 19 heavy (non-hydrogen) atoms. The van der Waals surface area contributed by atoms with Crippen LogP contribution >= 0.6 is 0 Å². The first kappa shape index (κ1) is 14.5. The summed E-state index contributed by atoms with van der Waals surface area (Å²) >= 11 is 0. The first-order valence-electron chi connectivity index (χ1n) is 6.85. The maximum Gasteiger partial charge on any atom is 0.216 e. The summed E-state index contributed by atoms with van der Waals surface area (Å²) in [6.07, 6.45) is 1.81. The monoisotopic (exact) mass is 282 g/mol. The van der Waals surface area contributed by atoms with Crippen molar-refractivity contribution < 1.29 is 8.42 Å². The number of nitrogens with one attached hydrogen (secondary N) is 1.